The monoisotopic (exact) mass is 362 g/mol. The largest absolute Gasteiger partial charge is 0.508 e. The van der Waals surface area contributed by atoms with Crippen molar-refractivity contribution in [1.29, 1.82) is 0 Å². The van der Waals surface area contributed by atoms with Crippen LogP contribution in [0.15, 0.2) is 23.2 Å². The molecule has 0 aromatic heterocycles. The molecule has 6 heteroatoms. The van der Waals surface area contributed by atoms with Gasteiger partial charge in [0.05, 0.1) is 7.11 Å². The van der Waals surface area contributed by atoms with Crippen LogP contribution in [0.1, 0.15) is 38.2 Å². The zero-order valence-electron chi connectivity index (χ0n) is 16.4. The maximum absolute atomic E-state index is 10.0. The van der Waals surface area contributed by atoms with Gasteiger partial charge in [-0.3, -0.25) is 9.89 Å². The number of rotatable bonds is 8. The van der Waals surface area contributed by atoms with E-state index in [1.807, 2.05) is 12.1 Å². The Balaban J connectivity index is 1.71. The number of phenolic OH excluding ortho intramolecular Hbond substituents is 1. The van der Waals surface area contributed by atoms with Gasteiger partial charge < -0.3 is 20.5 Å². The van der Waals surface area contributed by atoms with Crippen LogP contribution in [0.3, 0.4) is 0 Å². The summed E-state index contributed by atoms with van der Waals surface area (Å²) in [7, 11) is 3.38. The van der Waals surface area contributed by atoms with E-state index in [0.29, 0.717) is 12.3 Å². The number of nitrogens with one attached hydrogen (secondary N) is 2. The van der Waals surface area contributed by atoms with E-state index in [1.165, 1.54) is 32.2 Å². The van der Waals surface area contributed by atoms with E-state index in [1.54, 1.807) is 20.2 Å². The SMILES string of the molecule is CCC1CCCCN1CCNC(=NC)NCCc1ccc(OC)cc1O. The molecule has 3 N–H and O–H groups in total. The first kappa shape index (κ1) is 20.4. The Hall–Kier alpha value is -1.95. The minimum atomic E-state index is 0.268. The molecule has 1 heterocycles. The Kier molecular flexibility index (Phi) is 8.54. The Labute approximate surface area is 157 Å². The van der Waals surface area contributed by atoms with Crippen molar-refractivity contribution in [2.24, 2.45) is 4.99 Å². The number of aliphatic imine (C=N–C) groups is 1. The van der Waals surface area contributed by atoms with Gasteiger partial charge in [0.1, 0.15) is 11.5 Å². The van der Waals surface area contributed by atoms with Crippen LogP contribution in [0.25, 0.3) is 0 Å². The number of methoxy groups -OCH3 is 1. The first-order valence-corrected chi connectivity index (χ1v) is 9.72. The molecule has 0 saturated carbocycles. The molecule has 1 aromatic rings. The number of hydrogen-bond donors (Lipinski definition) is 3. The normalized spacial score (nSPS) is 18.6. The Bertz CT molecular complexity index is 577. The lowest BCUT2D eigenvalue weighted by Crippen LogP contribution is -2.46. The second kappa shape index (κ2) is 10.9. The molecule has 0 spiro atoms. The minimum Gasteiger partial charge on any atom is -0.508 e. The zero-order chi connectivity index (χ0) is 18.8. The first-order valence-electron chi connectivity index (χ1n) is 9.72. The molecule has 1 aromatic carbocycles. The molecule has 1 aliphatic rings. The highest BCUT2D eigenvalue weighted by atomic mass is 16.5. The molecule has 6 nitrogen and oxygen atoms in total. The van der Waals surface area contributed by atoms with Crippen molar-refractivity contribution < 1.29 is 9.84 Å². The van der Waals surface area contributed by atoms with Gasteiger partial charge in [-0.1, -0.05) is 19.4 Å². The first-order chi connectivity index (χ1) is 12.7. The van der Waals surface area contributed by atoms with E-state index in [0.717, 1.165) is 37.1 Å². The second-order valence-electron chi connectivity index (χ2n) is 6.76. The van der Waals surface area contributed by atoms with Crippen LogP contribution in [-0.2, 0) is 6.42 Å². The average molecular weight is 363 g/mol. The number of piperidine rings is 1. The van der Waals surface area contributed by atoms with E-state index in [2.05, 4.69) is 27.4 Å². The number of aromatic hydroxyl groups is 1. The Morgan fingerprint density at radius 3 is 2.81 bits per heavy atom. The van der Waals surface area contributed by atoms with Crippen LogP contribution in [0.5, 0.6) is 11.5 Å². The molecule has 1 atom stereocenters. The van der Waals surface area contributed by atoms with Crippen LogP contribution in [0.2, 0.25) is 0 Å². The Morgan fingerprint density at radius 2 is 2.12 bits per heavy atom. The molecule has 1 saturated heterocycles. The summed E-state index contributed by atoms with van der Waals surface area (Å²) in [4.78, 5) is 6.88. The standard InChI is InChI=1S/C20H34N4O2/c1-4-17-7-5-6-13-24(17)14-12-23-20(21-2)22-11-10-16-8-9-18(26-3)15-19(16)25/h8-9,15,17,25H,4-7,10-14H2,1-3H3,(H2,21,22,23). The lowest BCUT2D eigenvalue weighted by molar-refractivity contribution is 0.147. The van der Waals surface area contributed by atoms with Gasteiger partial charge in [0.2, 0.25) is 0 Å². The summed E-state index contributed by atoms with van der Waals surface area (Å²) in [6.45, 7) is 6.15. The summed E-state index contributed by atoms with van der Waals surface area (Å²) in [5.74, 6) is 1.74. The number of guanidine groups is 1. The van der Waals surface area contributed by atoms with Crippen molar-refractivity contribution >= 4 is 5.96 Å². The van der Waals surface area contributed by atoms with Crippen LogP contribution in [0, 0.1) is 0 Å². The molecule has 0 amide bonds. The highest BCUT2D eigenvalue weighted by molar-refractivity contribution is 5.79. The van der Waals surface area contributed by atoms with Crippen LogP contribution >= 0.6 is 0 Å². The van der Waals surface area contributed by atoms with Gasteiger partial charge in [-0.15, -0.1) is 0 Å². The van der Waals surface area contributed by atoms with Gasteiger partial charge in [0.15, 0.2) is 5.96 Å². The summed E-state index contributed by atoms with van der Waals surface area (Å²) in [6, 6.07) is 6.14. The topological polar surface area (TPSA) is 69.1 Å². The molecular weight excluding hydrogens is 328 g/mol. The summed E-state index contributed by atoms with van der Waals surface area (Å²) < 4.78 is 5.11. The number of likely N-dealkylation sites (tertiary alicyclic amines) is 1. The maximum Gasteiger partial charge on any atom is 0.191 e. The lowest BCUT2D eigenvalue weighted by atomic mass is 10.0. The third-order valence-corrected chi connectivity index (χ3v) is 5.11. The number of nitrogens with zero attached hydrogens (tertiary/aromatic N) is 2. The molecular formula is C20H34N4O2. The summed E-state index contributed by atoms with van der Waals surface area (Å²) in [6.07, 6.45) is 5.96. The van der Waals surface area contributed by atoms with Gasteiger partial charge in [0, 0.05) is 38.8 Å². The third kappa shape index (κ3) is 6.09. The van der Waals surface area contributed by atoms with Crippen LogP contribution in [-0.4, -0.2) is 62.3 Å². The molecule has 146 valence electrons. The Morgan fingerprint density at radius 1 is 1.31 bits per heavy atom. The molecule has 2 rings (SSSR count). The second-order valence-corrected chi connectivity index (χ2v) is 6.76. The van der Waals surface area contributed by atoms with E-state index in [9.17, 15) is 5.11 Å². The van der Waals surface area contributed by atoms with Crippen molar-refractivity contribution in [3.63, 3.8) is 0 Å². The molecule has 1 aliphatic heterocycles. The molecule has 0 bridgehead atoms. The van der Waals surface area contributed by atoms with Crippen LogP contribution < -0.4 is 15.4 Å². The van der Waals surface area contributed by atoms with E-state index < -0.39 is 0 Å². The molecule has 1 unspecified atom stereocenters. The van der Waals surface area contributed by atoms with Gasteiger partial charge in [-0.05, 0) is 43.9 Å². The highest BCUT2D eigenvalue weighted by Gasteiger charge is 2.19. The smallest absolute Gasteiger partial charge is 0.191 e. The average Bonchev–Trinajstić information content (AvgIpc) is 2.68. The quantitative estimate of drug-likeness (QED) is 0.489. The van der Waals surface area contributed by atoms with Crippen molar-refractivity contribution in [2.75, 3.05) is 40.3 Å². The fourth-order valence-corrected chi connectivity index (χ4v) is 3.55. The predicted molar refractivity (Wildman–Crippen MR) is 107 cm³/mol. The number of ether oxygens (including phenoxy) is 1. The van der Waals surface area contributed by atoms with E-state index in [4.69, 9.17) is 4.74 Å². The number of benzene rings is 1. The summed E-state index contributed by atoms with van der Waals surface area (Å²) in [5, 5.41) is 16.7. The fourth-order valence-electron chi connectivity index (χ4n) is 3.55. The molecule has 26 heavy (non-hydrogen) atoms. The molecule has 0 aliphatic carbocycles. The van der Waals surface area contributed by atoms with Gasteiger partial charge in [-0.25, -0.2) is 0 Å². The van der Waals surface area contributed by atoms with Crippen molar-refractivity contribution in [1.82, 2.24) is 15.5 Å². The van der Waals surface area contributed by atoms with Gasteiger partial charge >= 0.3 is 0 Å². The number of hydrogen-bond acceptors (Lipinski definition) is 4. The van der Waals surface area contributed by atoms with Crippen molar-refractivity contribution in [3.05, 3.63) is 23.8 Å². The third-order valence-electron chi connectivity index (χ3n) is 5.11. The van der Waals surface area contributed by atoms with E-state index >= 15 is 0 Å². The molecule has 1 fully saturated rings. The van der Waals surface area contributed by atoms with Crippen molar-refractivity contribution in [3.8, 4) is 11.5 Å². The van der Waals surface area contributed by atoms with Crippen LogP contribution in [0.4, 0.5) is 0 Å². The maximum atomic E-state index is 10.0. The highest BCUT2D eigenvalue weighted by Crippen LogP contribution is 2.23. The summed E-state index contributed by atoms with van der Waals surface area (Å²) >= 11 is 0. The zero-order valence-corrected chi connectivity index (χ0v) is 16.4. The van der Waals surface area contributed by atoms with Gasteiger partial charge in [-0.2, -0.15) is 0 Å². The lowest BCUT2D eigenvalue weighted by Gasteiger charge is -2.35. The molecule has 0 radical (unpaired) electrons. The minimum absolute atomic E-state index is 0.268. The summed E-state index contributed by atoms with van der Waals surface area (Å²) in [5.41, 5.74) is 0.896. The fraction of sp³-hybridized carbons (Fsp3) is 0.650. The van der Waals surface area contributed by atoms with E-state index in [-0.39, 0.29) is 5.75 Å². The van der Waals surface area contributed by atoms with Crippen molar-refractivity contribution in [2.45, 2.75) is 45.1 Å². The predicted octanol–water partition coefficient (Wildman–Crippen LogP) is 2.37. The number of phenols is 1. The van der Waals surface area contributed by atoms with Gasteiger partial charge in [0.25, 0.3) is 0 Å².